The van der Waals surface area contributed by atoms with E-state index in [4.69, 9.17) is 0 Å². The molecule has 0 spiro atoms. The van der Waals surface area contributed by atoms with Gasteiger partial charge in [0.1, 0.15) is 0 Å². The number of Topliss-reactive ketones (excluding diaryl/α,β-unsaturated/α-hetero) is 1. The maximum atomic E-state index is 14.2. The number of alkyl halides is 3. The maximum absolute atomic E-state index is 14.2. The minimum absolute atomic E-state index is 0.00146. The topological polar surface area (TPSA) is 66.5 Å². The predicted molar refractivity (Wildman–Crippen MR) is 93.5 cm³/mol. The molecule has 1 atom stereocenters. The lowest BCUT2D eigenvalue weighted by Gasteiger charge is -2.36. The summed E-state index contributed by atoms with van der Waals surface area (Å²) in [6, 6.07) is -0.383. The standard InChI is InChI=1S/C19H27F3N2O3/c1-11(2)10-15(26)23-18(19(20,21)22)16(13(4)25)12(3)24(17(18)27)14-8-6-5-7-9-14/h11,14H,5-10H2,1-4H3,(H,23,26)/t18-/m1/s1. The van der Waals surface area contributed by atoms with Crippen LogP contribution < -0.4 is 5.32 Å². The van der Waals surface area contributed by atoms with Crippen LogP contribution in [-0.2, 0) is 14.4 Å². The van der Waals surface area contributed by atoms with E-state index in [0.717, 1.165) is 31.1 Å². The molecule has 0 radical (unpaired) electrons. The van der Waals surface area contributed by atoms with Crippen molar-refractivity contribution >= 4 is 17.6 Å². The molecule has 0 saturated heterocycles. The molecule has 8 heteroatoms. The molecule has 1 fully saturated rings. The van der Waals surface area contributed by atoms with Gasteiger partial charge in [-0.15, -0.1) is 0 Å². The lowest BCUT2D eigenvalue weighted by atomic mass is 9.86. The lowest BCUT2D eigenvalue weighted by Crippen LogP contribution is -2.66. The van der Waals surface area contributed by atoms with Crippen LogP contribution in [0, 0.1) is 5.92 Å². The Balaban J connectivity index is 2.57. The Morgan fingerprint density at radius 2 is 1.78 bits per heavy atom. The van der Waals surface area contributed by atoms with Crippen molar-refractivity contribution in [2.24, 2.45) is 5.92 Å². The van der Waals surface area contributed by atoms with Gasteiger partial charge in [-0.25, -0.2) is 0 Å². The van der Waals surface area contributed by atoms with Crippen LogP contribution in [0.5, 0.6) is 0 Å². The molecule has 5 nitrogen and oxygen atoms in total. The number of nitrogens with zero attached hydrogens (tertiary/aromatic N) is 1. The molecule has 152 valence electrons. The SMILES string of the molecule is CC(=O)C1=C(C)N(C2CCCCC2)C(=O)[C@@]1(NC(=O)CC(C)C)C(F)(F)F. The van der Waals surface area contributed by atoms with Crippen molar-refractivity contribution in [1.82, 2.24) is 10.2 Å². The van der Waals surface area contributed by atoms with Gasteiger partial charge in [0.05, 0.1) is 5.57 Å². The van der Waals surface area contributed by atoms with Gasteiger partial charge in [0.25, 0.3) is 5.91 Å². The number of amides is 2. The number of hydrogen-bond acceptors (Lipinski definition) is 3. The van der Waals surface area contributed by atoms with E-state index in [1.807, 2.05) is 5.32 Å². The number of ketones is 1. The Morgan fingerprint density at radius 3 is 2.22 bits per heavy atom. The first-order valence-corrected chi connectivity index (χ1v) is 9.37. The molecule has 2 rings (SSSR count). The molecule has 2 aliphatic rings. The largest absolute Gasteiger partial charge is 0.425 e. The number of rotatable bonds is 5. The van der Waals surface area contributed by atoms with E-state index in [0.29, 0.717) is 12.8 Å². The molecule has 0 bridgehead atoms. The Morgan fingerprint density at radius 1 is 1.22 bits per heavy atom. The zero-order valence-corrected chi connectivity index (χ0v) is 16.2. The molecule has 0 aromatic heterocycles. The summed E-state index contributed by atoms with van der Waals surface area (Å²) in [5, 5.41) is 1.91. The molecule has 1 aliphatic heterocycles. The average molecular weight is 388 g/mol. The second-order valence-electron chi connectivity index (χ2n) is 7.88. The van der Waals surface area contributed by atoms with Crippen molar-refractivity contribution < 1.29 is 27.6 Å². The minimum atomic E-state index is -5.12. The lowest BCUT2D eigenvalue weighted by molar-refractivity contribution is -0.195. The summed E-state index contributed by atoms with van der Waals surface area (Å²) in [5.41, 5.74) is -3.96. The highest BCUT2D eigenvalue weighted by Gasteiger charge is 2.70. The van der Waals surface area contributed by atoms with Crippen LogP contribution in [0.25, 0.3) is 0 Å². The number of allylic oxidation sites excluding steroid dienone is 1. The summed E-state index contributed by atoms with van der Waals surface area (Å²) in [4.78, 5) is 38.7. The molecule has 0 aromatic carbocycles. The van der Waals surface area contributed by atoms with Gasteiger partial charge in [-0.1, -0.05) is 33.1 Å². The Bertz CT molecular complexity index is 664. The molecule has 1 N–H and O–H groups in total. The fraction of sp³-hybridized carbons (Fsp3) is 0.737. The van der Waals surface area contributed by atoms with E-state index in [1.54, 1.807) is 13.8 Å². The Labute approximate surface area is 157 Å². The molecule has 27 heavy (non-hydrogen) atoms. The van der Waals surface area contributed by atoms with Crippen LogP contribution in [0.2, 0.25) is 0 Å². The third kappa shape index (κ3) is 3.75. The van der Waals surface area contributed by atoms with Crippen molar-refractivity contribution in [1.29, 1.82) is 0 Å². The highest BCUT2D eigenvalue weighted by molar-refractivity contribution is 6.12. The molecule has 0 unspecified atom stereocenters. The summed E-state index contributed by atoms with van der Waals surface area (Å²) in [6.07, 6.45) is -1.52. The fourth-order valence-corrected chi connectivity index (χ4v) is 4.21. The summed E-state index contributed by atoms with van der Waals surface area (Å²) < 4.78 is 42.7. The maximum Gasteiger partial charge on any atom is 0.425 e. The van der Waals surface area contributed by atoms with Gasteiger partial charge < -0.3 is 10.2 Å². The predicted octanol–water partition coefficient (Wildman–Crippen LogP) is 3.49. The summed E-state index contributed by atoms with van der Waals surface area (Å²) in [7, 11) is 0. The molecular weight excluding hydrogens is 361 g/mol. The third-order valence-electron chi connectivity index (χ3n) is 5.28. The first kappa shape index (κ1) is 21.4. The van der Waals surface area contributed by atoms with Crippen LogP contribution in [0.3, 0.4) is 0 Å². The quantitative estimate of drug-likeness (QED) is 0.784. The van der Waals surface area contributed by atoms with Gasteiger partial charge in [-0.2, -0.15) is 13.2 Å². The Kier molecular flexibility index (Phi) is 6.06. The van der Waals surface area contributed by atoms with Gasteiger partial charge in [-0.05, 0) is 32.6 Å². The Hall–Kier alpha value is -1.86. The normalized spacial score (nSPS) is 24.7. The van der Waals surface area contributed by atoms with E-state index < -0.39 is 34.9 Å². The zero-order valence-electron chi connectivity index (χ0n) is 16.2. The van der Waals surface area contributed by atoms with E-state index in [1.165, 1.54) is 6.92 Å². The molecule has 1 heterocycles. The van der Waals surface area contributed by atoms with E-state index >= 15 is 0 Å². The number of carbonyl (C=O) groups is 3. The van der Waals surface area contributed by atoms with Crippen LogP contribution in [-0.4, -0.2) is 40.3 Å². The smallest absolute Gasteiger partial charge is 0.330 e. The highest BCUT2D eigenvalue weighted by atomic mass is 19.4. The second kappa shape index (κ2) is 7.64. The third-order valence-corrected chi connectivity index (χ3v) is 5.28. The molecule has 1 aliphatic carbocycles. The van der Waals surface area contributed by atoms with Crippen LogP contribution in [0.1, 0.15) is 66.2 Å². The van der Waals surface area contributed by atoms with Gasteiger partial charge >= 0.3 is 6.18 Å². The monoisotopic (exact) mass is 388 g/mol. The van der Waals surface area contributed by atoms with Gasteiger partial charge in [0, 0.05) is 18.2 Å². The molecule has 2 amide bonds. The van der Waals surface area contributed by atoms with Crippen LogP contribution >= 0.6 is 0 Å². The molecule has 1 saturated carbocycles. The van der Waals surface area contributed by atoms with Crippen molar-refractivity contribution in [2.45, 2.75) is 84.0 Å². The van der Waals surface area contributed by atoms with Gasteiger partial charge in [0.15, 0.2) is 5.78 Å². The number of hydrogen-bond donors (Lipinski definition) is 1. The number of nitrogens with one attached hydrogen (secondary N) is 1. The van der Waals surface area contributed by atoms with Gasteiger partial charge in [0.2, 0.25) is 11.4 Å². The van der Waals surface area contributed by atoms with Crippen molar-refractivity contribution in [3.63, 3.8) is 0 Å². The summed E-state index contributed by atoms with van der Waals surface area (Å²) in [5.74, 6) is -3.21. The zero-order chi connectivity index (χ0) is 20.6. The van der Waals surface area contributed by atoms with Crippen LogP contribution in [0.15, 0.2) is 11.3 Å². The minimum Gasteiger partial charge on any atom is -0.330 e. The second-order valence-corrected chi connectivity index (χ2v) is 7.88. The first-order chi connectivity index (χ1) is 12.4. The summed E-state index contributed by atoms with van der Waals surface area (Å²) >= 11 is 0. The first-order valence-electron chi connectivity index (χ1n) is 9.37. The van der Waals surface area contributed by atoms with Crippen molar-refractivity contribution in [3.8, 4) is 0 Å². The highest BCUT2D eigenvalue weighted by Crippen LogP contribution is 2.47. The van der Waals surface area contributed by atoms with Crippen LogP contribution in [0.4, 0.5) is 13.2 Å². The summed E-state index contributed by atoms with van der Waals surface area (Å²) in [6.45, 7) is 5.76. The fourth-order valence-electron chi connectivity index (χ4n) is 4.21. The molecular formula is C19H27F3N2O3. The van der Waals surface area contributed by atoms with E-state index in [9.17, 15) is 27.6 Å². The van der Waals surface area contributed by atoms with Crippen molar-refractivity contribution in [2.75, 3.05) is 0 Å². The van der Waals surface area contributed by atoms with Gasteiger partial charge in [-0.3, -0.25) is 14.4 Å². The van der Waals surface area contributed by atoms with E-state index in [2.05, 4.69) is 0 Å². The van der Waals surface area contributed by atoms with Crippen molar-refractivity contribution in [3.05, 3.63) is 11.3 Å². The average Bonchev–Trinajstić information content (AvgIpc) is 2.75. The number of carbonyl (C=O) groups excluding carboxylic acids is 3. The van der Waals surface area contributed by atoms with E-state index in [-0.39, 0.29) is 24.1 Å². The number of halogens is 3. The molecule has 0 aromatic rings.